The third-order valence-electron chi connectivity index (χ3n) is 9.23. The van der Waals surface area contributed by atoms with Gasteiger partial charge in [0.15, 0.2) is 33.3 Å². The molecule has 10 rings (SSSR count). The first-order valence-corrected chi connectivity index (χ1v) is 18.2. The molecule has 2 aliphatic rings. The van der Waals surface area contributed by atoms with Crippen molar-refractivity contribution in [2.24, 2.45) is 14.1 Å². The molecule has 0 aliphatic carbocycles. The summed E-state index contributed by atoms with van der Waals surface area (Å²) in [5.41, 5.74) is 21.4. The molecule has 0 radical (unpaired) electrons. The van der Waals surface area contributed by atoms with Crippen molar-refractivity contribution in [3.63, 3.8) is 0 Å². The molecule has 2 aliphatic heterocycles. The minimum Gasteiger partial charge on any atom is -0.454 e. The Morgan fingerprint density at radius 1 is 0.679 bits per heavy atom. The van der Waals surface area contributed by atoms with Crippen LogP contribution in [0.1, 0.15) is 28.6 Å². The van der Waals surface area contributed by atoms with E-state index in [1.165, 1.54) is 28.2 Å². The van der Waals surface area contributed by atoms with Crippen molar-refractivity contribution in [1.29, 1.82) is 0 Å². The van der Waals surface area contributed by atoms with Crippen LogP contribution in [0.4, 0.5) is 10.3 Å². The van der Waals surface area contributed by atoms with Gasteiger partial charge in [0.2, 0.25) is 13.6 Å². The van der Waals surface area contributed by atoms with E-state index in [0.29, 0.717) is 21.7 Å². The van der Waals surface area contributed by atoms with Crippen LogP contribution >= 0.6 is 22.7 Å². The van der Waals surface area contributed by atoms with Gasteiger partial charge in [0, 0.05) is 49.7 Å². The van der Waals surface area contributed by atoms with Crippen molar-refractivity contribution in [3.8, 4) is 45.3 Å². The van der Waals surface area contributed by atoms with E-state index in [0.717, 1.165) is 77.6 Å². The predicted octanol–water partition coefficient (Wildman–Crippen LogP) is 6.69. The zero-order chi connectivity index (χ0) is 36.2. The van der Waals surface area contributed by atoms with Crippen molar-refractivity contribution >= 4 is 53.4 Å². The summed E-state index contributed by atoms with van der Waals surface area (Å²) in [6.07, 6.45) is 3.47. The fourth-order valence-electron chi connectivity index (χ4n) is 6.61. The number of benzene rings is 4. The predicted molar refractivity (Wildman–Crippen MR) is 204 cm³/mol. The van der Waals surface area contributed by atoms with Crippen LogP contribution in [0.2, 0.25) is 0 Å². The first-order valence-electron chi connectivity index (χ1n) is 16.6. The summed E-state index contributed by atoms with van der Waals surface area (Å²) in [4.78, 5) is 9.03. The van der Waals surface area contributed by atoms with Gasteiger partial charge in [0.1, 0.15) is 6.10 Å². The SMILES string of the molecule is Cn1nccc1C(O)c1cc(-c2ccc3c(c2)OCO3)c2nc(N)sc2c1.Cn1nccc1Cc1cc(-c2ccc3c(c2)OCO3)c2nc(N)sc2c1. The maximum absolute atomic E-state index is 10.9. The lowest BCUT2D eigenvalue weighted by Gasteiger charge is -2.14. The van der Waals surface area contributed by atoms with Crippen LogP contribution in [0.15, 0.2) is 85.2 Å². The molecular formula is C38H32N8O5S2. The number of hydrogen-bond acceptors (Lipinski definition) is 13. The Balaban J connectivity index is 0.000000141. The lowest BCUT2D eigenvalue weighted by molar-refractivity contribution is 0.173. The van der Waals surface area contributed by atoms with Crippen molar-refractivity contribution in [2.75, 3.05) is 25.1 Å². The molecule has 5 N–H and O–H groups in total. The number of anilines is 2. The Labute approximate surface area is 310 Å². The molecule has 0 amide bonds. The number of ether oxygens (including phenoxy) is 4. The molecule has 0 saturated heterocycles. The van der Waals surface area contributed by atoms with Crippen molar-refractivity contribution in [1.82, 2.24) is 29.5 Å². The number of hydrogen-bond donors (Lipinski definition) is 3. The normalized spacial score (nSPS) is 13.4. The van der Waals surface area contributed by atoms with E-state index in [9.17, 15) is 5.11 Å². The van der Waals surface area contributed by atoms with Gasteiger partial charge in [-0.25, -0.2) is 9.97 Å². The second-order valence-corrected chi connectivity index (χ2v) is 14.7. The highest BCUT2D eigenvalue weighted by molar-refractivity contribution is 7.22. The summed E-state index contributed by atoms with van der Waals surface area (Å²) >= 11 is 2.90. The summed E-state index contributed by atoms with van der Waals surface area (Å²) in [6.45, 7) is 0.482. The highest BCUT2D eigenvalue weighted by atomic mass is 32.1. The number of thiazole rings is 2. The Morgan fingerprint density at radius 3 is 1.83 bits per heavy atom. The minimum absolute atomic E-state index is 0.219. The monoisotopic (exact) mass is 744 g/mol. The molecule has 0 bridgehead atoms. The Bertz CT molecular complexity index is 2660. The van der Waals surface area contributed by atoms with Crippen molar-refractivity contribution in [2.45, 2.75) is 12.5 Å². The molecule has 8 aromatic rings. The van der Waals surface area contributed by atoms with Gasteiger partial charge >= 0.3 is 0 Å². The van der Waals surface area contributed by atoms with Gasteiger partial charge in [-0.2, -0.15) is 10.2 Å². The van der Waals surface area contributed by atoms with Gasteiger partial charge in [-0.15, -0.1) is 0 Å². The number of fused-ring (bicyclic) bond motifs is 4. The van der Waals surface area contributed by atoms with Crippen molar-refractivity contribution in [3.05, 3.63) is 108 Å². The minimum atomic E-state index is -0.807. The molecule has 266 valence electrons. The maximum Gasteiger partial charge on any atom is 0.231 e. The smallest absolute Gasteiger partial charge is 0.231 e. The average Bonchev–Trinajstić information content (AvgIpc) is 4.01. The first kappa shape index (κ1) is 32.7. The van der Waals surface area contributed by atoms with Crippen LogP contribution in [-0.2, 0) is 20.5 Å². The molecule has 53 heavy (non-hydrogen) atoms. The molecule has 4 aromatic heterocycles. The third-order valence-corrected chi connectivity index (χ3v) is 10.9. The molecule has 0 spiro atoms. The number of aryl methyl sites for hydroxylation is 2. The summed E-state index contributed by atoms with van der Waals surface area (Å²) < 4.78 is 27.4. The van der Waals surface area contributed by atoms with E-state index in [1.807, 2.05) is 72.5 Å². The van der Waals surface area contributed by atoms with E-state index in [-0.39, 0.29) is 13.6 Å². The zero-order valence-corrected chi connectivity index (χ0v) is 30.1. The molecule has 13 nitrogen and oxygen atoms in total. The van der Waals surface area contributed by atoms with Crippen LogP contribution in [-0.4, -0.2) is 48.2 Å². The molecule has 6 heterocycles. The Hall–Kier alpha value is -6.16. The molecule has 15 heteroatoms. The van der Waals surface area contributed by atoms with E-state index in [4.69, 9.17) is 30.4 Å². The highest BCUT2D eigenvalue weighted by Crippen LogP contribution is 2.42. The molecule has 0 saturated carbocycles. The summed E-state index contributed by atoms with van der Waals surface area (Å²) in [5, 5.41) is 20.4. The number of nitrogens with two attached hydrogens (primary N) is 2. The fourth-order valence-corrected chi connectivity index (χ4v) is 8.24. The lowest BCUT2D eigenvalue weighted by atomic mass is 9.98. The lowest BCUT2D eigenvalue weighted by Crippen LogP contribution is -2.06. The van der Waals surface area contributed by atoms with E-state index >= 15 is 0 Å². The number of aromatic nitrogens is 6. The van der Waals surface area contributed by atoms with Crippen LogP contribution < -0.4 is 30.4 Å². The molecule has 1 unspecified atom stereocenters. The summed E-state index contributed by atoms with van der Waals surface area (Å²) in [7, 11) is 3.76. The fraction of sp³-hybridized carbons (Fsp3) is 0.158. The topological polar surface area (TPSA) is 171 Å². The maximum atomic E-state index is 10.9. The van der Waals surface area contributed by atoms with Crippen molar-refractivity contribution < 1.29 is 24.1 Å². The van der Waals surface area contributed by atoms with Gasteiger partial charge in [0.25, 0.3) is 0 Å². The van der Waals surface area contributed by atoms with E-state index < -0.39 is 6.10 Å². The molecule has 0 fully saturated rings. The van der Waals surface area contributed by atoms with Gasteiger partial charge in [-0.1, -0.05) is 34.8 Å². The second-order valence-electron chi connectivity index (χ2n) is 12.6. The molecule has 1 atom stereocenters. The zero-order valence-electron chi connectivity index (χ0n) is 28.5. The number of aliphatic hydroxyl groups is 1. The average molecular weight is 745 g/mol. The van der Waals surface area contributed by atoms with Crippen LogP contribution in [0.5, 0.6) is 23.0 Å². The number of rotatable bonds is 6. The van der Waals surface area contributed by atoms with Gasteiger partial charge in [-0.05, 0) is 82.9 Å². The quantitative estimate of drug-likeness (QED) is 0.166. The largest absolute Gasteiger partial charge is 0.454 e. The third kappa shape index (κ3) is 6.13. The standard InChI is InChI=1S/C19H16N4O3S.C19H16N4O2S/c1-23-13(4-5-21-23)18(24)11-6-12(17-16(8-11)27-19(20)22-17)10-2-3-14-15(7-10)26-9-25-14;1-23-13(4-5-21-23)6-11-7-14(18-17(8-11)26-19(20)22-18)12-2-3-15-16(9-12)25-10-24-15/h2-8,18,24H,9H2,1H3,(H2,20,22);2-5,7-9H,6,10H2,1H3,(H2,20,22). The van der Waals surface area contributed by atoms with E-state index in [2.05, 4.69) is 32.3 Å². The number of nitrogen functional groups attached to an aromatic ring is 2. The Morgan fingerprint density at radius 2 is 1.25 bits per heavy atom. The summed E-state index contributed by atoms with van der Waals surface area (Å²) in [5.74, 6) is 2.95. The highest BCUT2D eigenvalue weighted by Gasteiger charge is 2.21. The first-order chi connectivity index (χ1) is 25.8. The Kier molecular flexibility index (Phi) is 8.10. The van der Waals surface area contributed by atoms with Gasteiger partial charge < -0.3 is 35.5 Å². The summed E-state index contributed by atoms with van der Waals surface area (Å²) in [6, 6.07) is 23.8. The van der Waals surface area contributed by atoms with Crippen LogP contribution in [0.3, 0.4) is 0 Å². The number of nitrogens with zero attached hydrogens (tertiary/aromatic N) is 6. The van der Waals surface area contributed by atoms with E-state index in [1.54, 1.807) is 24.0 Å². The molecular weight excluding hydrogens is 713 g/mol. The van der Waals surface area contributed by atoms with Gasteiger partial charge in [-0.3, -0.25) is 9.36 Å². The number of aliphatic hydroxyl groups excluding tert-OH is 1. The van der Waals surface area contributed by atoms with Gasteiger partial charge in [0.05, 0.1) is 26.1 Å². The van der Waals surface area contributed by atoms with Crippen LogP contribution in [0.25, 0.3) is 42.7 Å². The molecule has 4 aromatic carbocycles. The second kappa shape index (κ2) is 13.1. The van der Waals surface area contributed by atoms with Crippen LogP contribution in [0, 0.1) is 0 Å².